The first kappa shape index (κ1) is 11.9. The van der Waals surface area contributed by atoms with Crippen LogP contribution < -0.4 is 0 Å². The molecule has 3 rings (SSSR count). The van der Waals surface area contributed by atoms with Gasteiger partial charge in [-0.15, -0.1) is 11.6 Å². The number of aromatic nitrogens is 3. The normalized spacial score (nSPS) is 17.3. The van der Waals surface area contributed by atoms with Crippen molar-refractivity contribution >= 4 is 22.8 Å². The number of fused-ring (bicyclic) bond motifs is 1. The van der Waals surface area contributed by atoms with Gasteiger partial charge in [-0.3, -0.25) is 0 Å². The van der Waals surface area contributed by atoms with Crippen molar-refractivity contribution in [1.82, 2.24) is 19.4 Å². The second kappa shape index (κ2) is 4.52. The lowest BCUT2D eigenvalue weighted by Gasteiger charge is -2.36. The maximum atomic E-state index is 5.85. The zero-order valence-electron chi connectivity index (χ0n) is 10.7. The average Bonchev–Trinajstić information content (AvgIpc) is 2.63. The van der Waals surface area contributed by atoms with Crippen molar-refractivity contribution in [2.75, 3.05) is 20.1 Å². The highest BCUT2D eigenvalue weighted by molar-refractivity contribution is 6.16. The molecule has 0 saturated carbocycles. The van der Waals surface area contributed by atoms with Crippen LogP contribution in [0.15, 0.2) is 12.1 Å². The molecule has 0 N–H and O–H groups in total. The molecule has 0 unspecified atom stereocenters. The summed E-state index contributed by atoms with van der Waals surface area (Å²) in [4.78, 5) is 11.5. The van der Waals surface area contributed by atoms with Gasteiger partial charge in [-0.1, -0.05) is 0 Å². The zero-order chi connectivity index (χ0) is 12.7. The molecule has 96 valence electrons. The van der Waals surface area contributed by atoms with E-state index in [9.17, 15) is 0 Å². The van der Waals surface area contributed by atoms with Gasteiger partial charge in [0.25, 0.3) is 0 Å². The molecule has 0 radical (unpaired) electrons. The Balaban J connectivity index is 1.96. The van der Waals surface area contributed by atoms with E-state index in [1.165, 1.54) is 0 Å². The summed E-state index contributed by atoms with van der Waals surface area (Å²) in [6.45, 7) is 5.37. The monoisotopic (exact) mass is 264 g/mol. The van der Waals surface area contributed by atoms with E-state index in [1.807, 2.05) is 19.1 Å². The van der Waals surface area contributed by atoms with Crippen LogP contribution in [0.25, 0.3) is 11.2 Å². The summed E-state index contributed by atoms with van der Waals surface area (Å²) in [5, 5.41) is 0. The Labute approximate surface area is 112 Å². The fourth-order valence-corrected chi connectivity index (χ4v) is 2.80. The van der Waals surface area contributed by atoms with E-state index in [4.69, 9.17) is 11.6 Å². The molecule has 5 heteroatoms. The summed E-state index contributed by atoms with van der Waals surface area (Å²) in [6.07, 6.45) is 0. The number of hydrogen-bond acceptors (Lipinski definition) is 3. The molecule has 0 atom stereocenters. The van der Waals surface area contributed by atoms with Crippen molar-refractivity contribution in [2.45, 2.75) is 19.3 Å². The van der Waals surface area contributed by atoms with E-state index in [-0.39, 0.29) is 0 Å². The lowest BCUT2D eigenvalue weighted by Crippen LogP contribution is -2.45. The van der Waals surface area contributed by atoms with Gasteiger partial charge in [-0.05, 0) is 26.1 Å². The quantitative estimate of drug-likeness (QED) is 0.796. The van der Waals surface area contributed by atoms with Crippen LogP contribution in [0, 0.1) is 12.8 Å². The zero-order valence-corrected chi connectivity index (χ0v) is 11.5. The molecular weight excluding hydrogens is 248 g/mol. The summed E-state index contributed by atoms with van der Waals surface area (Å²) >= 11 is 5.85. The van der Waals surface area contributed by atoms with Crippen molar-refractivity contribution in [3.8, 4) is 0 Å². The average molecular weight is 265 g/mol. The van der Waals surface area contributed by atoms with E-state index < -0.39 is 0 Å². The summed E-state index contributed by atoms with van der Waals surface area (Å²) < 4.78 is 2.23. The first-order valence-corrected chi connectivity index (χ1v) is 6.78. The highest BCUT2D eigenvalue weighted by Gasteiger charge is 2.24. The summed E-state index contributed by atoms with van der Waals surface area (Å²) in [5.41, 5.74) is 2.85. The molecule has 0 aromatic carbocycles. The van der Waals surface area contributed by atoms with Crippen LogP contribution in [-0.2, 0) is 12.4 Å². The molecule has 0 aliphatic carbocycles. The van der Waals surface area contributed by atoms with Gasteiger partial charge in [-0.2, -0.15) is 0 Å². The van der Waals surface area contributed by atoms with Gasteiger partial charge in [0.05, 0.1) is 11.6 Å². The Morgan fingerprint density at radius 3 is 2.78 bits per heavy atom. The molecule has 1 aliphatic rings. The highest BCUT2D eigenvalue weighted by Crippen LogP contribution is 2.21. The van der Waals surface area contributed by atoms with Crippen molar-refractivity contribution in [3.63, 3.8) is 0 Å². The van der Waals surface area contributed by atoms with E-state index in [0.29, 0.717) is 11.8 Å². The number of aryl methyl sites for hydroxylation is 1. The molecule has 0 amide bonds. The number of pyridine rings is 1. The number of imidazole rings is 1. The fraction of sp³-hybridized carbons (Fsp3) is 0.538. The van der Waals surface area contributed by atoms with Gasteiger partial charge in [0.15, 0.2) is 5.65 Å². The van der Waals surface area contributed by atoms with Gasteiger partial charge in [-0.25, -0.2) is 9.97 Å². The predicted octanol–water partition coefficient (Wildman–Crippen LogP) is 2.04. The van der Waals surface area contributed by atoms with Crippen LogP contribution in [0.4, 0.5) is 0 Å². The first-order chi connectivity index (χ1) is 8.67. The Kier molecular flexibility index (Phi) is 2.99. The highest BCUT2D eigenvalue weighted by atomic mass is 35.5. The Hall–Kier alpha value is -1.13. The van der Waals surface area contributed by atoms with Gasteiger partial charge < -0.3 is 9.47 Å². The van der Waals surface area contributed by atoms with Gasteiger partial charge in [0.2, 0.25) is 0 Å². The van der Waals surface area contributed by atoms with Crippen molar-refractivity contribution < 1.29 is 0 Å². The number of nitrogens with zero attached hydrogens (tertiary/aromatic N) is 4. The second-order valence-corrected chi connectivity index (χ2v) is 5.40. The lowest BCUT2D eigenvalue weighted by molar-refractivity contribution is 0.119. The predicted molar refractivity (Wildman–Crippen MR) is 72.8 cm³/mol. The van der Waals surface area contributed by atoms with Crippen molar-refractivity contribution in [3.05, 3.63) is 23.7 Å². The Morgan fingerprint density at radius 1 is 1.33 bits per heavy atom. The Morgan fingerprint density at radius 2 is 2.11 bits per heavy atom. The number of likely N-dealkylation sites (tertiary alicyclic amines) is 1. The molecule has 3 heterocycles. The lowest BCUT2D eigenvalue weighted by atomic mass is 10.0. The van der Waals surface area contributed by atoms with E-state index >= 15 is 0 Å². The maximum absolute atomic E-state index is 5.85. The molecule has 2 aromatic heterocycles. The molecular formula is C13H17ClN4. The summed E-state index contributed by atoms with van der Waals surface area (Å²) in [7, 11) is 2.15. The van der Waals surface area contributed by atoms with Crippen LogP contribution in [0.1, 0.15) is 11.5 Å². The third kappa shape index (κ3) is 1.99. The third-order valence-electron chi connectivity index (χ3n) is 3.56. The molecule has 1 fully saturated rings. The standard InChI is InChI=1S/C13H17ClN4/c1-9-15-12-4-3-11(5-14)16-13(12)18(9)8-10-6-17(2)7-10/h3-4,10H,5-8H2,1-2H3. The topological polar surface area (TPSA) is 34.0 Å². The largest absolute Gasteiger partial charge is 0.313 e. The van der Waals surface area contributed by atoms with Crippen molar-refractivity contribution in [2.24, 2.45) is 5.92 Å². The van der Waals surface area contributed by atoms with Gasteiger partial charge in [0, 0.05) is 25.6 Å². The number of halogens is 1. The second-order valence-electron chi connectivity index (χ2n) is 5.14. The third-order valence-corrected chi connectivity index (χ3v) is 3.83. The first-order valence-electron chi connectivity index (χ1n) is 6.24. The number of hydrogen-bond donors (Lipinski definition) is 0. The van der Waals surface area contributed by atoms with Crippen LogP contribution in [0.5, 0.6) is 0 Å². The summed E-state index contributed by atoms with van der Waals surface area (Å²) in [5.74, 6) is 2.21. The number of alkyl halides is 1. The molecule has 4 nitrogen and oxygen atoms in total. The van der Waals surface area contributed by atoms with Crippen LogP contribution in [-0.4, -0.2) is 39.6 Å². The molecule has 1 saturated heterocycles. The maximum Gasteiger partial charge on any atom is 0.160 e. The van der Waals surface area contributed by atoms with Crippen LogP contribution >= 0.6 is 11.6 Å². The fourth-order valence-electron chi connectivity index (χ4n) is 2.65. The SMILES string of the molecule is Cc1nc2ccc(CCl)nc2n1CC1CN(C)C1. The van der Waals surface area contributed by atoms with E-state index in [2.05, 4.69) is 26.5 Å². The molecule has 2 aromatic rings. The van der Waals surface area contributed by atoms with Gasteiger partial charge in [0.1, 0.15) is 11.3 Å². The minimum absolute atomic E-state index is 0.451. The van der Waals surface area contributed by atoms with Crippen LogP contribution in [0.3, 0.4) is 0 Å². The minimum Gasteiger partial charge on any atom is -0.313 e. The van der Waals surface area contributed by atoms with Crippen molar-refractivity contribution in [1.29, 1.82) is 0 Å². The van der Waals surface area contributed by atoms with Gasteiger partial charge >= 0.3 is 0 Å². The molecule has 0 bridgehead atoms. The smallest absolute Gasteiger partial charge is 0.160 e. The number of rotatable bonds is 3. The molecule has 0 spiro atoms. The molecule has 1 aliphatic heterocycles. The minimum atomic E-state index is 0.451. The van der Waals surface area contributed by atoms with E-state index in [0.717, 1.165) is 42.3 Å². The van der Waals surface area contributed by atoms with E-state index in [1.54, 1.807) is 0 Å². The molecule has 18 heavy (non-hydrogen) atoms. The summed E-state index contributed by atoms with van der Waals surface area (Å²) in [6, 6.07) is 3.96. The van der Waals surface area contributed by atoms with Crippen LogP contribution in [0.2, 0.25) is 0 Å². The Bertz CT molecular complexity index is 572.